The Kier molecular flexibility index (Phi) is 9.01. The molecule has 0 radical (unpaired) electrons. The van der Waals surface area contributed by atoms with Gasteiger partial charge in [0.05, 0.1) is 31.9 Å². The van der Waals surface area contributed by atoms with Crippen LogP contribution in [0.1, 0.15) is 30.9 Å². The van der Waals surface area contributed by atoms with Gasteiger partial charge in [-0.25, -0.2) is 21.8 Å². The molecule has 1 aliphatic rings. The van der Waals surface area contributed by atoms with Crippen LogP contribution >= 0.6 is 0 Å². The van der Waals surface area contributed by atoms with Crippen LogP contribution < -0.4 is 9.46 Å². The van der Waals surface area contributed by atoms with Crippen molar-refractivity contribution in [2.45, 2.75) is 56.2 Å². The van der Waals surface area contributed by atoms with E-state index in [9.17, 15) is 26.7 Å². The molecule has 0 unspecified atom stereocenters. The second kappa shape index (κ2) is 12.0. The van der Waals surface area contributed by atoms with Gasteiger partial charge in [-0.1, -0.05) is 12.1 Å². The molecule has 4 rings (SSSR count). The van der Waals surface area contributed by atoms with Gasteiger partial charge in [0.1, 0.15) is 17.5 Å². The number of ether oxygens (including phenoxy) is 1. The highest BCUT2D eigenvalue weighted by atomic mass is 32.2. The maximum atomic E-state index is 13.5. The van der Waals surface area contributed by atoms with E-state index in [2.05, 4.69) is 14.9 Å². The van der Waals surface area contributed by atoms with Crippen molar-refractivity contribution in [2.75, 3.05) is 31.5 Å². The fourth-order valence-electron chi connectivity index (χ4n) is 4.81. The van der Waals surface area contributed by atoms with Crippen molar-refractivity contribution >= 4 is 31.6 Å². The number of benzene rings is 1. The Morgan fingerprint density at radius 1 is 1.24 bits per heavy atom. The minimum Gasteiger partial charge on any atom is -0.488 e. The highest BCUT2D eigenvalue weighted by molar-refractivity contribution is 7.92. The fourth-order valence-corrected chi connectivity index (χ4v) is 7.33. The SMILES string of the molecule is Cc1noc(C)c1S(=O)(=O)Nc1ccc2c(c1)CC(=O)N([C@@H](C)CO)C[C@@H](C)[C@@H](CN(C)S(=O)(=O)c1cn(C)cn1)O2. The fraction of sp³-hybridized carbons (Fsp3) is 0.500. The molecule has 42 heavy (non-hydrogen) atoms. The molecule has 0 aliphatic carbocycles. The number of rotatable bonds is 9. The number of aliphatic hydroxyl groups excluding tert-OH is 1. The summed E-state index contributed by atoms with van der Waals surface area (Å²) in [7, 11) is -4.89. The summed E-state index contributed by atoms with van der Waals surface area (Å²) in [6, 6.07) is 4.04. The number of aromatic nitrogens is 3. The Morgan fingerprint density at radius 3 is 2.55 bits per heavy atom. The summed E-state index contributed by atoms with van der Waals surface area (Å²) in [5.74, 6) is -0.207. The molecule has 14 nitrogen and oxygen atoms in total. The largest absolute Gasteiger partial charge is 0.488 e. The first-order valence-corrected chi connectivity index (χ1v) is 16.2. The Balaban J connectivity index is 1.70. The summed E-state index contributed by atoms with van der Waals surface area (Å²) >= 11 is 0. The van der Waals surface area contributed by atoms with E-state index < -0.39 is 32.2 Å². The van der Waals surface area contributed by atoms with Gasteiger partial charge in [0.15, 0.2) is 15.7 Å². The molecule has 0 spiro atoms. The molecule has 230 valence electrons. The second-order valence-corrected chi connectivity index (χ2v) is 14.2. The molecule has 3 aromatic rings. The van der Waals surface area contributed by atoms with Gasteiger partial charge in [-0.3, -0.25) is 9.52 Å². The predicted octanol–water partition coefficient (Wildman–Crippen LogP) is 1.30. The van der Waals surface area contributed by atoms with Gasteiger partial charge in [-0.15, -0.1) is 0 Å². The number of nitrogens with zero attached hydrogens (tertiary/aromatic N) is 5. The third-order valence-electron chi connectivity index (χ3n) is 7.20. The van der Waals surface area contributed by atoms with E-state index in [1.165, 1.54) is 55.0 Å². The van der Waals surface area contributed by atoms with Crippen molar-refractivity contribution in [2.24, 2.45) is 13.0 Å². The van der Waals surface area contributed by atoms with E-state index in [0.717, 1.165) is 4.31 Å². The Labute approximate surface area is 245 Å². The number of amides is 1. The molecule has 2 N–H and O–H groups in total. The van der Waals surface area contributed by atoms with Crippen LogP contribution in [0, 0.1) is 19.8 Å². The van der Waals surface area contributed by atoms with Crippen LogP contribution in [-0.2, 0) is 38.3 Å². The Morgan fingerprint density at radius 2 is 1.95 bits per heavy atom. The number of sulfonamides is 2. The van der Waals surface area contributed by atoms with E-state index in [0.29, 0.717) is 11.3 Å². The van der Waals surface area contributed by atoms with Crippen LogP contribution in [0.15, 0.2) is 45.2 Å². The summed E-state index contributed by atoms with van der Waals surface area (Å²) in [6.45, 7) is 6.43. The Bertz CT molecular complexity index is 1650. The zero-order valence-corrected chi connectivity index (χ0v) is 25.9. The maximum absolute atomic E-state index is 13.5. The van der Waals surface area contributed by atoms with Crippen LogP contribution in [0.3, 0.4) is 0 Å². The van der Waals surface area contributed by atoms with Crippen molar-refractivity contribution in [1.29, 1.82) is 0 Å². The van der Waals surface area contributed by atoms with Crippen LogP contribution in [0.4, 0.5) is 5.69 Å². The average Bonchev–Trinajstić information content (AvgIpc) is 3.52. The molecular formula is C26H36N6O8S2. The zero-order chi connectivity index (χ0) is 31.0. The molecule has 3 atom stereocenters. The van der Waals surface area contributed by atoms with Gasteiger partial charge in [0, 0.05) is 44.0 Å². The summed E-state index contributed by atoms with van der Waals surface area (Å²) < 4.78 is 69.2. The molecule has 2 aromatic heterocycles. The molecule has 1 amide bonds. The first-order valence-electron chi connectivity index (χ1n) is 13.2. The maximum Gasteiger partial charge on any atom is 0.267 e. The third kappa shape index (κ3) is 6.45. The Hall–Kier alpha value is -3.47. The highest BCUT2D eigenvalue weighted by Crippen LogP contribution is 2.31. The lowest BCUT2D eigenvalue weighted by atomic mass is 10.0. The zero-order valence-electron chi connectivity index (χ0n) is 24.3. The van der Waals surface area contributed by atoms with Crippen LogP contribution in [-0.4, -0.2) is 90.7 Å². The lowest BCUT2D eigenvalue weighted by Gasteiger charge is -2.33. The number of aliphatic hydroxyl groups is 1. The van der Waals surface area contributed by atoms with Gasteiger partial charge in [0.2, 0.25) is 5.91 Å². The van der Waals surface area contributed by atoms with Gasteiger partial charge < -0.3 is 23.8 Å². The minimum atomic E-state index is -4.06. The van der Waals surface area contributed by atoms with E-state index in [1.807, 2.05) is 6.92 Å². The number of imidazole rings is 1. The molecule has 1 aromatic carbocycles. The number of nitrogens with one attached hydrogen (secondary N) is 1. The summed E-state index contributed by atoms with van der Waals surface area (Å²) in [6.07, 6.45) is 1.95. The molecule has 1 aliphatic heterocycles. The smallest absolute Gasteiger partial charge is 0.267 e. The molecular weight excluding hydrogens is 588 g/mol. The van der Waals surface area contributed by atoms with E-state index in [1.54, 1.807) is 20.0 Å². The first kappa shape index (κ1) is 31.5. The predicted molar refractivity (Wildman–Crippen MR) is 152 cm³/mol. The summed E-state index contributed by atoms with van der Waals surface area (Å²) in [5.41, 5.74) is 0.783. The number of hydrogen-bond donors (Lipinski definition) is 2. The van der Waals surface area contributed by atoms with Crippen molar-refractivity contribution < 1.29 is 36.0 Å². The molecule has 0 bridgehead atoms. The standard InChI is InChI=1S/C26H36N6O8S2/c1-16-11-32(17(2)14-33)25(34)10-20-9-21(29-41(35,36)26-18(3)28-40-19(26)4)7-8-22(20)39-23(16)12-31(6)42(37,38)24-13-30(5)15-27-24/h7-9,13,15-17,23,29,33H,10-12,14H2,1-6H3/t16-,17+,23-/m1/s1. The minimum absolute atomic E-state index is 0.0600. The number of likely N-dealkylation sites (N-methyl/N-ethyl adjacent to an activating group) is 1. The number of carbonyl (C=O) groups excluding carboxylic acids is 1. The van der Waals surface area contributed by atoms with Gasteiger partial charge >= 0.3 is 0 Å². The normalized spacial score (nSPS) is 19.0. The van der Waals surface area contributed by atoms with Gasteiger partial charge in [-0.2, -0.15) is 4.31 Å². The van der Waals surface area contributed by atoms with E-state index in [4.69, 9.17) is 9.26 Å². The summed E-state index contributed by atoms with van der Waals surface area (Å²) in [5, 5.41) is 13.5. The third-order valence-corrected chi connectivity index (χ3v) is 10.5. The summed E-state index contributed by atoms with van der Waals surface area (Å²) in [4.78, 5) is 18.9. The highest BCUT2D eigenvalue weighted by Gasteiger charge is 2.34. The number of aryl methyl sites for hydroxylation is 3. The van der Waals surface area contributed by atoms with Crippen molar-refractivity contribution in [3.63, 3.8) is 0 Å². The van der Waals surface area contributed by atoms with E-state index in [-0.39, 0.29) is 65.0 Å². The molecule has 16 heteroatoms. The number of fused-ring (bicyclic) bond motifs is 1. The lowest BCUT2D eigenvalue weighted by molar-refractivity contribution is -0.134. The topological polar surface area (TPSA) is 177 Å². The number of anilines is 1. The van der Waals surface area contributed by atoms with Crippen molar-refractivity contribution in [3.05, 3.63) is 47.7 Å². The van der Waals surface area contributed by atoms with Crippen LogP contribution in [0.25, 0.3) is 0 Å². The first-order chi connectivity index (χ1) is 19.6. The van der Waals surface area contributed by atoms with Crippen LogP contribution in [0.2, 0.25) is 0 Å². The number of carbonyl (C=O) groups is 1. The van der Waals surface area contributed by atoms with Gasteiger partial charge in [-0.05, 0) is 39.0 Å². The molecule has 3 heterocycles. The molecule has 0 saturated carbocycles. The molecule has 0 saturated heterocycles. The second-order valence-electron chi connectivity index (χ2n) is 10.6. The lowest BCUT2D eigenvalue weighted by Crippen LogP contribution is -2.48. The van der Waals surface area contributed by atoms with Crippen molar-refractivity contribution in [3.8, 4) is 5.75 Å². The monoisotopic (exact) mass is 624 g/mol. The quantitative estimate of drug-likeness (QED) is 0.353. The number of hydrogen-bond acceptors (Lipinski definition) is 10. The average molecular weight is 625 g/mol. The molecule has 0 fully saturated rings. The van der Waals surface area contributed by atoms with Gasteiger partial charge in [0.25, 0.3) is 20.0 Å². The van der Waals surface area contributed by atoms with Crippen molar-refractivity contribution in [1.82, 2.24) is 23.9 Å². The van der Waals surface area contributed by atoms with Crippen LogP contribution in [0.5, 0.6) is 5.75 Å². The van der Waals surface area contributed by atoms with E-state index >= 15 is 0 Å².